The van der Waals surface area contributed by atoms with E-state index in [4.69, 9.17) is 4.52 Å². The number of aromatic amines is 1. The molecule has 31 heavy (non-hydrogen) atoms. The number of thiazole rings is 1. The lowest BCUT2D eigenvalue weighted by atomic mass is 10.2. The van der Waals surface area contributed by atoms with Gasteiger partial charge in [0, 0.05) is 23.2 Å². The highest BCUT2D eigenvalue weighted by atomic mass is 32.1. The minimum atomic E-state index is -0.410. The van der Waals surface area contributed by atoms with Gasteiger partial charge in [-0.15, -0.1) is 11.3 Å². The molecule has 3 heterocycles. The summed E-state index contributed by atoms with van der Waals surface area (Å²) in [7, 11) is 0. The van der Waals surface area contributed by atoms with Crippen LogP contribution < -0.4 is 16.2 Å². The fraction of sp³-hybridized carbons (Fsp3) is 0.100. The summed E-state index contributed by atoms with van der Waals surface area (Å²) < 4.78 is 5.16. The van der Waals surface area contributed by atoms with Gasteiger partial charge < -0.3 is 14.8 Å². The summed E-state index contributed by atoms with van der Waals surface area (Å²) in [6.45, 7) is 0.0958. The summed E-state index contributed by atoms with van der Waals surface area (Å²) in [5.74, 6) is 0.0575. The van der Waals surface area contributed by atoms with E-state index < -0.39 is 5.91 Å². The minimum absolute atomic E-state index is 0.0324. The van der Waals surface area contributed by atoms with Crippen molar-refractivity contribution in [2.45, 2.75) is 13.0 Å². The second-order valence-electron chi connectivity index (χ2n) is 6.37. The predicted octanol–water partition coefficient (Wildman–Crippen LogP) is 1.99. The lowest BCUT2D eigenvalue weighted by Gasteiger charge is -2.01. The first-order chi connectivity index (χ1) is 15.1. The summed E-state index contributed by atoms with van der Waals surface area (Å²) in [5.41, 5.74) is 1.33. The van der Waals surface area contributed by atoms with Gasteiger partial charge in [0.2, 0.25) is 23.2 Å². The van der Waals surface area contributed by atoms with Crippen molar-refractivity contribution in [2.24, 2.45) is 0 Å². The molecule has 11 heteroatoms. The number of hydrogen-bond donors (Lipinski definition) is 3. The van der Waals surface area contributed by atoms with Gasteiger partial charge >= 0.3 is 0 Å². The van der Waals surface area contributed by atoms with Gasteiger partial charge in [-0.25, -0.2) is 4.98 Å². The number of rotatable bonds is 7. The maximum absolute atomic E-state index is 12.2. The lowest BCUT2D eigenvalue weighted by molar-refractivity contribution is -0.120. The molecule has 0 unspecified atom stereocenters. The summed E-state index contributed by atoms with van der Waals surface area (Å²) in [6, 6.07) is 12.0. The third-order valence-corrected chi connectivity index (χ3v) is 4.90. The van der Waals surface area contributed by atoms with Crippen LogP contribution in [0.1, 0.15) is 21.9 Å². The number of benzene rings is 1. The number of nitrogens with zero attached hydrogens (tertiary/aromatic N) is 3. The van der Waals surface area contributed by atoms with Crippen molar-refractivity contribution < 1.29 is 14.1 Å². The van der Waals surface area contributed by atoms with Crippen molar-refractivity contribution in [3.05, 3.63) is 81.5 Å². The van der Waals surface area contributed by atoms with Gasteiger partial charge in [0.15, 0.2) is 5.13 Å². The normalized spacial score (nSPS) is 10.6. The van der Waals surface area contributed by atoms with E-state index in [0.29, 0.717) is 28.1 Å². The molecule has 4 aromatic rings. The molecule has 0 saturated heterocycles. The average molecular weight is 436 g/mol. The molecule has 0 aliphatic rings. The van der Waals surface area contributed by atoms with Crippen LogP contribution in [0.3, 0.4) is 0 Å². The predicted molar refractivity (Wildman–Crippen MR) is 112 cm³/mol. The van der Waals surface area contributed by atoms with Crippen molar-refractivity contribution in [1.29, 1.82) is 0 Å². The molecule has 4 rings (SSSR count). The van der Waals surface area contributed by atoms with E-state index in [0.717, 1.165) is 5.56 Å². The molecule has 3 aromatic heterocycles. The second kappa shape index (κ2) is 9.13. The number of hydrogen-bond acceptors (Lipinski definition) is 8. The van der Waals surface area contributed by atoms with Crippen LogP contribution >= 0.6 is 11.3 Å². The largest absolute Gasteiger partial charge is 0.347 e. The Labute approximate surface area is 179 Å². The van der Waals surface area contributed by atoms with Gasteiger partial charge in [-0.2, -0.15) is 4.98 Å². The molecular weight excluding hydrogens is 420 g/mol. The molecule has 0 aliphatic carbocycles. The Balaban J connectivity index is 1.28. The van der Waals surface area contributed by atoms with E-state index in [9.17, 15) is 14.4 Å². The van der Waals surface area contributed by atoms with Crippen molar-refractivity contribution in [3.8, 4) is 11.4 Å². The number of carbonyl (C=O) groups is 2. The zero-order chi connectivity index (χ0) is 21.6. The number of anilines is 1. The quantitative estimate of drug-likeness (QED) is 0.402. The molecule has 0 aliphatic heterocycles. The number of aromatic nitrogens is 4. The number of amides is 2. The van der Waals surface area contributed by atoms with E-state index in [-0.39, 0.29) is 24.4 Å². The topological polar surface area (TPSA) is 143 Å². The van der Waals surface area contributed by atoms with E-state index in [1.165, 1.54) is 29.7 Å². The zero-order valence-corrected chi connectivity index (χ0v) is 16.8. The van der Waals surface area contributed by atoms with Crippen LogP contribution in [-0.4, -0.2) is 31.9 Å². The van der Waals surface area contributed by atoms with E-state index in [1.54, 1.807) is 5.38 Å². The Bertz CT molecular complexity index is 1240. The average Bonchev–Trinajstić information content (AvgIpc) is 3.43. The second-order valence-corrected chi connectivity index (χ2v) is 7.23. The molecular formula is C20H16N6O4S. The molecule has 0 atom stereocenters. The fourth-order valence-electron chi connectivity index (χ4n) is 2.60. The van der Waals surface area contributed by atoms with Gasteiger partial charge in [0.25, 0.3) is 5.91 Å². The maximum atomic E-state index is 12.2. The van der Waals surface area contributed by atoms with Crippen LogP contribution in [0.2, 0.25) is 0 Å². The molecule has 10 nitrogen and oxygen atoms in total. The molecule has 156 valence electrons. The summed E-state index contributed by atoms with van der Waals surface area (Å²) >= 11 is 1.20. The lowest BCUT2D eigenvalue weighted by Crippen LogP contribution is -2.24. The van der Waals surface area contributed by atoms with Gasteiger partial charge in [0.05, 0.1) is 24.2 Å². The van der Waals surface area contributed by atoms with Crippen LogP contribution in [0, 0.1) is 0 Å². The maximum Gasteiger partial charge on any atom is 0.258 e. The smallest absolute Gasteiger partial charge is 0.258 e. The first-order valence-electron chi connectivity index (χ1n) is 9.16. The molecule has 0 bridgehead atoms. The highest BCUT2D eigenvalue weighted by Crippen LogP contribution is 2.17. The molecule has 1 aromatic carbocycles. The van der Waals surface area contributed by atoms with Gasteiger partial charge in [-0.3, -0.25) is 19.7 Å². The zero-order valence-electron chi connectivity index (χ0n) is 16.0. The van der Waals surface area contributed by atoms with Crippen LogP contribution in [0.4, 0.5) is 5.13 Å². The standard InChI is InChI=1S/C20H16N6O4S/c27-15-7-6-13(9-21-15)19(29)25-20-23-14(11-31-20)8-16(28)22-10-17-24-18(26-30-17)12-4-2-1-3-5-12/h1-7,9,11H,8,10H2,(H,21,27)(H,22,28)(H,23,25,29). The summed E-state index contributed by atoms with van der Waals surface area (Å²) in [4.78, 5) is 46.3. The number of pyridine rings is 1. The molecule has 0 radical (unpaired) electrons. The van der Waals surface area contributed by atoms with Crippen LogP contribution in [-0.2, 0) is 17.8 Å². The van der Waals surface area contributed by atoms with Crippen molar-refractivity contribution in [3.63, 3.8) is 0 Å². The Morgan fingerprint density at radius 2 is 1.94 bits per heavy atom. The minimum Gasteiger partial charge on any atom is -0.347 e. The van der Waals surface area contributed by atoms with E-state index in [2.05, 4.69) is 30.7 Å². The molecule has 0 fully saturated rings. The van der Waals surface area contributed by atoms with Gasteiger partial charge in [-0.05, 0) is 6.07 Å². The molecule has 0 saturated carbocycles. The van der Waals surface area contributed by atoms with Crippen LogP contribution in [0.5, 0.6) is 0 Å². The summed E-state index contributed by atoms with van der Waals surface area (Å²) in [6.07, 6.45) is 1.35. The first kappa shape index (κ1) is 20.2. The fourth-order valence-corrected chi connectivity index (χ4v) is 3.30. The molecule has 0 spiro atoms. The van der Waals surface area contributed by atoms with Gasteiger partial charge in [-0.1, -0.05) is 35.5 Å². The Morgan fingerprint density at radius 3 is 2.71 bits per heavy atom. The monoisotopic (exact) mass is 436 g/mol. The third-order valence-electron chi connectivity index (χ3n) is 4.10. The van der Waals surface area contributed by atoms with Crippen molar-refractivity contribution in [1.82, 2.24) is 25.4 Å². The third kappa shape index (κ3) is 5.28. The van der Waals surface area contributed by atoms with Crippen LogP contribution in [0.25, 0.3) is 11.4 Å². The van der Waals surface area contributed by atoms with Gasteiger partial charge in [0.1, 0.15) is 0 Å². The SMILES string of the molecule is O=C(Cc1csc(NC(=O)c2ccc(=O)[nH]c2)n1)NCc1nc(-c2ccccc2)no1. The first-order valence-corrected chi connectivity index (χ1v) is 10.0. The summed E-state index contributed by atoms with van der Waals surface area (Å²) in [5, 5.41) is 11.3. The Hall–Kier alpha value is -4.12. The number of H-pyrrole nitrogens is 1. The molecule has 2 amide bonds. The highest BCUT2D eigenvalue weighted by Gasteiger charge is 2.13. The van der Waals surface area contributed by atoms with E-state index >= 15 is 0 Å². The number of nitrogens with one attached hydrogen (secondary N) is 3. The number of carbonyl (C=O) groups excluding carboxylic acids is 2. The van der Waals surface area contributed by atoms with Crippen molar-refractivity contribution >= 4 is 28.3 Å². The molecule has 3 N–H and O–H groups in total. The van der Waals surface area contributed by atoms with E-state index in [1.807, 2.05) is 30.3 Å². The van der Waals surface area contributed by atoms with Crippen LogP contribution in [0.15, 0.2) is 63.4 Å². The Kier molecular flexibility index (Phi) is 5.94. The van der Waals surface area contributed by atoms with Crippen molar-refractivity contribution in [2.75, 3.05) is 5.32 Å². The highest BCUT2D eigenvalue weighted by molar-refractivity contribution is 7.14. The Morgan fingerprint density at radius 1 is 1.10 bits per heavy atom.